The maximum Gasteiger partial charge on any atom is 0.305 e. The highest BCUT2D eigenvalue weighted by atomic mass is 16.4. The van der Waals surface area contributed by atoms with Gasteiger partial charge in [0.25, 0.3) is 5.91 Å². The van der Waals surface area contributed by atoms with Crippen LogP contribution in [-0.2, 0) is 17.6 Å². The fourth-order valence-corrected chi connectivity index (χ4v) is 3.23. The zero-order valence-electron chi connectivity index (χ0n) is 13.9. The number of hydrogen-bond acceptors (Lipinski definition) is 3. The molecular weight excluding hydrogens is 306 g/mol. The van der Waals surface area contributed by atoms with Crippen LogP contribution in [0.5, 0.6) is 0 Å². The summed E-state index contributed by atoms with van der Waals surface area (Å²) in [6.45, 7) is 3.71. The number of aliphatic carboxylic acids is 1. The normalized spacial score (nSPS) is 14.2. The summed E-state index contributed by atoms with van der Waals surface area (Å²) in [5, 5.41) is 16.1. The van der Waals surface area contributed by atoms with Crippen molar-refractivity contribution < 1.29 is 14.7 Å². The monoisotopic (exact) mass is 327 g/mol. The zero-order valence-corrected chi connectivity index (χ0v) is 13.9. The van der Waals surface area contributed by atoms with Crippen LogP contribution in [0.4, 0.5) is 0 Å². The minimum absolute atomic E-state index is 0.105. The first kappa shape index (κ1) is 16.2. The largest absolute Gasteiger partial charge is 0.481 e. The maximum atomic E-state index is 12.5. The molecule has 1 atom stereocenters. The Labute approximate surface area is 140 Å². The zero-order chi connectivity index (χ0) is 17.3. The molecule has 1 aromatic heterocycles. The number of carboxylic acids is 1. The molecule has 1 heterocycles. The SMILES string of the molecule is Cc1ccccc1-n1nc(C(=O)NC(C)CC(=O)O)c2c1CCC2. The number of benzene rings is 1. The van der Waals surface area contributed by atoms with Crippen molar-refractivity contribution in [2.75, 3.05) is 0 Å². The van der Waals surface area contributed by atoms with Crippen LogP contribution in [0.1, 0.15) is 47.1 Å². The molecule has 1 aliphatic rings. The van der Waals surface area contributed by atoms with Gasteiger partial charge in [0.05, 0.1) is 12.1 Å². The van der Waals surface area contributed by atoms with Crippen LogP contribution < -0.4 is 5.32 Å². The molecule has 126 valence electrons. The molecule has 0 saturated heterocycles. The van der Waals surface area contributed by atoms with Gasteiger partial charge in [-0.15, -0.1) is 0 Å². The minimum Gasteiger partial charge on any atom is -0.481 e. The van der Waals surface area contributed by atoms with Gasteiger partial charge in [0, 0.05) is 17.3 Å². The number of nitrogens with one attached hydrogen (secondary N) is 1. The number of fused-ring (bicyclic) bond motifs is 1. The summed E-state index contributed by atoms with van der Waals surface area (Å²) >= 11 is 0. The van der Waals surface area contributed by atoms with Gasteiger partial charge in [0.2, 0.25) is 0 Å². The smallest absolute Gasteiger partial charge is 0.305 e. The third kappa shape index (κ3) is 3.04. The van der Waals surface area contributed by atoms with E-state index < -0.39 is 12.0 Å². The fraction of sp³-hybridized carbons (Fsp3) is 0.389. The number of carboxylic acid groups (broad SMARTS) is 1. The lowest BCUT2D eigenvalue weighted by Crippen LogP contribution is -2.35. The number of aryl methyl sites for hydroxylation is 1. The molecule has 0 spiro atoms. The predicted molar refractivity (Wildman–Crippen MR) is 89.5 cm³/mol. The number of carbonyl (C=O) groups excluding carboxylic acids is 1. The number of rotatable bonds is 5. The van der Waals surface area contributed by atoms with Crippen molar-refractivity contribution in [1.82, 2.24) is 15.1 Å². The standard InChI is InChI=1S/C18H21N3O3/c1-11-6-3-4-8-14(11)21-15-9-5-7-13(15)17(20-21)18(24)19-12(2)10-16(22)23/h3-4,6,8,12H,5,7,9-10H2,1-2H3,(H,19,24)(H,22,23). The third-order valence-corrected chi connectivity index (χ3v) is 4.35. The predicted octanol–water partition coefficient (Wildman–Crippen LogP) is 2.26. The quantitative estimate of drug-likeness (QED) is 0.882. The molecule has 24 heavy (non-hydrogen) atoms. The van der Waals surface area contributed by atoms with Crippen molar-refractivity contribution in [3.8, 4) is 5.69 Å². The highest BCUT2D eigenvalue weighted by Gasteiger charge is 2.28. The van der Waals surface area contributed by atoms with Crippen molar-refractivity contribution in [3.05, 3.63) is 46.8 Å². The molecule has 1 aromatic carbocycles. The molecule has 0 bridgehead atoms. The number of carbonyl (C=O) groups is 2. The van der Waals surface area contributed by atoms with Gasteiger partial charge in [0.1, 0.15) is 0 Å². The summed E-state index contributed by atoms with van der Waals surface area (Å²) in [7, 11) is 0. The molecular formula is C18H21N3O3. The Bertz CT molecular complexity index is 795. The summed E-state index contributed by atoms with van der Waals surface area (Å²) in [6.07, 6.45) is 2.63. The molecule has 0 fully saturated rings. The molecule has 6 nitrogen and oxygen atoms in total. The first-order valence-corrected chi connectivity index (χ1v) is 8.16. The minimum atomic E-state index is -0.932. The van der Waals surface area contributed by atoms with Gasteiger partial charge in [-0.2, -0.15) is 5.10 Å². The van der Waals surface area contributed by atoms with Crippen LogP contribution in [0.15, 0.2) is 24.3 Å². The van der Waals surface area contributed by atoms with E-state index in [4.69, 9.17) is 5.11 Å². The Hall–Kier alpha value is -2.63. The second kappa shape index (κ2) is 6.47. The lowest BCUT2D eigenvalue weighted by atomic mass is 10.1. The molecule has 0 aliphatic heterocycles. The lowest BCUT2D eigenvalue weighted by Gasteiger charge is -2.11. The Morgan fingerprint density at radius 3 is 2.79 bits per heavy atom. The van der Waals surface area contributed by atoms with Crippen LogP contribution in [0.3, 0.4) is 0 Å². The Morgan fingerprint density at radius 2 is 2.08 bits per heavy atom. The van der Waals surface area contributed by atoms with E-state index in [1.807, 2.05) is 35.9 Å². The topological polar surface area (TPSA) is 84.2 Å². The Kier molecular flexibility index (Phi) is 4.38. The van der Waals surface area contributed by atoms with Gasteiger partial charge in [-0.1, -0.05) is 18.2 Å². The number of nitrogens with zero attached hydrogens (tertiary/aromatic N) is 2. The number of hydrogen-bond donors (Lipinski definition) is 2. The van der Waals surface area contributed by atoms with E-state index in [2.05, 4.69) is 10.4 Å². The highest BCUT2D eigenvalue weighted by Crippen LogP contribution is 2.28. The van der Waals surface area contributed by atoms with Crippen molar-refractivity contribution in [3.63, 3.8) is 0 Å². The van der Waals surface area contributed by atoms with E-state index in [0.29, 0.717) is 5.69 Å². The molecule has 1 amide bonds. The second-order valence-electron chi connectivity index (χ2n) is 6.30. The average Bonchev–Trinajstić information content (AvgIpc) is 3.08. The number of para-hydroxylation sites is 1. The maximum absolute atomic E-state index is 12.5. The molecule has 2 N–H and O–H groups in total. The summed E-state index contributed by atoms with van der Waals surface area (Å²) < 4.78 is 1.87. The summed E-state index contributed by atoms with van der Waals surface area (Å²) in [5.41, 5.74) is 4.57. The van der Waals surface area contributed by atoms with Crippen molar-refractivity contribution in [2.24, 2.45) is 0 Å². The number of amides is 1. The Morgan fingerprint density at radius 1 is 1.33 bits per heavy atom. The van der Waals surface area contributed by atoms with E-state index in [1.165, 1.54) is 0 Å². The van der Waals surface area contributed by atoms with Crippen LogP contribution in [0.25, 0.3) is 5.69 Å². The van der Waals surface area contributed by atoms with Gasteiger partial charge in [-0.25, -0.2) is 4.68 Å². The second-order valence-corrected chi connectivity index (χ2v) is 6.30. The van der Waals surface area contributed by atoms with Crippen LogP contribution >= 0.6 is 0 Å². The number of aromatic nitrogens is 2. The average molecular weight is 327 g/mol. The van der Waals surface area contributed by atoms with Gasteiger partial charge in [0.15, 0.2) is 5.69 Å². The van der Waals surface area contributed by atoms with Gasteiger partial charge in [-0.3, -0.25) is 9.59 Å². The van der Waals surface area contributed by atoms with E-state index in [0.717, 1.165) is 41.8 Å². The summed E-state index contributed by atoms with van der Waals surface area (Å²) in [4.78, 5) is 23.3. The van der Waals surface area contributed by atoms with Gasteiger partial charge < -0.3 is 10.4 Å². The molecule has 2 aromatic rings. The first-order chi connectivity index (χ1) is 11.5. The fourth-order valence-electron chi connectivity index (χ4n) is 3.23. The molecule has 0 saturated carbocycles. The summed E-state index contributed by atoms with van der Waals surface area (Å²) in [6, 6.07) is 7.52. The molecule has 1 unspecified atom stereocenters. The third-order valence-electron chi connectivity index (χ3n) is 4.35. The molecule has 1 aliphatic carbocycles. The highest BCUT2D eigenvalue weighted by molar-refractivity contribution is 5.94. The molecule has 3 rings (SSSR count). The molecule has 0 radical (unpaired) electrons. The van der Waals surface area contributed by atoms with E-state index in [-0.39, 0.29) is 12.3 Å². The van der Waals surface area contributed by atoms with Crippen LogP contribution in [0.2, 0.25) is 0 Å². The Balaban J connectivity index is 1.93. The van der Waals surface area contributed by atoms with E-state index >= 15 is 0 Å². The van der Waals surface area contributed by atoms with E-state index in [1.54, 1.807) is 6.92 Å². The van der Waals surface area contributed by atoms with Crippen molar-refractivity contribution >= 4 is 11.9 Å². The van der Waals surface area contributed by atoms with Crippen molar-refractivity contribution in [1.29, 1.82) is 0 Å². The van der Waals surface area contributed by atoms with Crippen molar-refractivity contribution in [2.45, 2.75) is 45.6 Å². The van der Waals surface area contributed by atoms with Crippen LogP contribution in [-0.4, -0.2) is 32.8 Å². The molecule has 6 heteroatoms. The summed E-state index contributed by atoms with van der Waals surface area (Å²) in [5.74, 6) is -1.23. The van der Waals surface area contributed by atoms with Gasteiger partial charge in [-0.05, 0) is 44.7 Å². The first-order valence-electron chi connectivity index (χ1n) is 8.16. The van der Waals surface area contributed by atoms with Crippen LogP contribution in [0, 0.1) is 6.92 Å². The van der Waals surface area contributed by atoms with E-state index in [9.17, 15) is 9.59 Å². The van der Waals surface area contributed by atoms with Gasteiger partial charge >= 0.3 is 5.97 Å². The lowest BCUT2D eigenvalue weighted by molar-refractivity contribution is -0.137.